The highest BCUT2D eigenvalue weighted by atomic mass is 16.3. The van der Waals surface area contributed by atoms with Gasteiger partial charge in [-0.2, -0.15) is 0 Å². The molecule has 2 aromatic rings. The molecule has 5 heteroatoms. The number of nitrogens with one attached hydrogen (secondary N) is 1. The number of para-hydroxylation sites is 1. The Hall–Kier alpha value is -1.85. The van der Waals surface area contributed by atoms with Crippen LogP contribution >= 0.6 is 0 Å². The molecule has 0 saturated carbocycles. The second-order valence-electron chi connectivity index (χ2n) is 6.74. The molecule has 1 amide bonds. The first-order chi connectivity index (χ1) is 11.6. The van der Waals surface area contributed by atoms with Gasteiger partial charge in [0.25, 0.3) is 0 Å². The lowest BCUT2D eigenvalue weighted by molar-refractivity contribution is -0.133. The second kappa shape index (κ2) is 7.81. The molecule has 0 unspecified atom stereocenters. The number of aliphatic hydroxyl groups excluding tert-OH is 1. The van der Waals surface area contributed by atoms with Crippen molar-refractivity contribution in [1.29, 1.82) is 0 Å². The van der Waals surface area contributed by atoms with Crippen molar-refractivity contribution < 1.29 is 9.90 Å². The molecule has 1 fully saturated rings. The van der Waals surface area contributed by atoms with Gasteiger partial charge in [0.2, 0.25) is 5.91 Å². The average Bonchev–Trinajstić information content (AvgIpc) is 2.98. The SMILES string of the molecule is C[C@H](O)CN1CCN(C(=O)CCCc2c[nH]c3ccccc23)CC1. The quantitative estimate of drug-likeness (QED) is 0.852. The van der Waals surface area contributed by atoms with E-state index < -0.39 is 0 Å². The van der Waals surface area contributed by atoms with Crippen molar-refractivity contribution >= 4 is 16.8 Å². The van der Waals surface area contributed by atoms with Crippen LogP contribution in [0, 0.1) is 0 Å². The van der Waals surface area contributed by atoms with E-state index in [0.717, 1.165) is 44.5 Å². The molecule has 1 aromatic carbocycles. The third kappa shape index (κ3) is 4.16. The van der Waals surface area contributed by atoms with Gasteiger partial charge in [0.15, 0.2) is 0 Å². The minimum absolute atomic E-state index is 0.256. The van der Waals surface area contributed by atoms with Gasteiger partial charge < -0.3 is 15.0 Å². The lowest BCUT2D eigenvalue weighted by Crippen LogP contribution is -2.50. The van der Waals surface area contributed by atoms with E-state index in [1.54, 1.807) is 0 Å². The van der Waals surface area contributed by atoms with Gasteiger partial charge in [-0.15, -0.1) is 0 Å². The number of fused-ring (bicyclic) bond motifs is 1. The molecule has 0 bridgehead atoms. The fraction of sp³-hybridized carbons (Fsp3) is 0.526. The van der Waals surface area contributed by atoms with Gasteiger partial charge in [-0.25, -0.2) is 0 Å². The summed E-state index contributed by atoms with van der Waals surface area (Å²) in [5.74, 6) is 0.256. The molecule has 0 radical (unpaired) electrons. The topological polar surface area (TPSA) is 59.6 Å². The summed E-state index contributed by atoms with van der Waals surface area (Å²) in [5, 5.41) is 10.7. The van der Waals surface area contributed by atoms with Crippen LogP contribution in [0.4, 0.5) is 0 Å². The number of piperazine rings is 1. The molecule has 2 N–H and O–H groups in total. The Morgan fingerprint density at radius 3 is 2.75 bits per heavy atom. The van der Waals surface area contributed by atoms with Crippen molar-refractivity contribution in [3.8, 4) is 0 Å². The van der Waals surface area contributed by atoms with Crippen molar-refractivity contribution in [3.05, 3.63) is 36.0 Å². The van der Waals surface area contributed by atoms with E-state index in [9.17, 15) is 9.90 Å². The summed E-state index contributed by atoms with van der Waals surface area (Å²) in [4.78, 5) is 19.8. The first-order valence-electron chi connectivity index (χ1n) is 8.86. The van der Waals surface area contributed by atoms with Gasteiger partial charge in [0.05, 0.1) is 6.10 Å². The maximum Gasteiger partial charge on any atom is 0.222 e. The van der Waals surface area contributed by atoms with E-state index in [-0.39, 0.29) is 12.0 Å². The first-order valence-corrected chi connectivity index (χ1v) is 8.86. The molecule has 1 aliphatic rings. The van der Waals surface area contributed by atoms with Crippen LogP contribution in [0.15, 0.2) is 30.5 Å². The maximum absolute atomic E-state index is 12.4. The maximum atomic E-state index is 12.4. The number of aromatic nitrogens is 1. The standard InChI is InChI=1S/C19H27N3O2/c1-15(23)14-21-9-11-22(12-10-21)19(24)8-4-5-16-13-20-18-7-3-2-6-17(16)18/h2-3,6-7,13,15,20,23H,4-5,8-12,14H2,1H3/t15-/m0/s1. The van der Waals surface area contributed by atoms with Crippen LogP contribution in [0.25, 0.3) is 10.9 Å². The largest absolute Gasteiger partial charge is 0.392 e. The van der Waals surface area contributed by atoms with Crippen molar-refractivity contribution in [1.82, 2.24) is 14.8 Å². The Kier molecular flexibility index (Phi) is 5.53. The zero-order chi connectivity index (χ0) is 16.9. The van der Waals surface area contributed by atoms with Gasteiger partial charge in [-0.1, -0.05) is 18.2 Å². The number of amides is 1. The van der Waals surface area contributed by atoms with Crippen LogP contribution < -0.4 is 0 Å². The van der Waals surface area contributed by atoms with Crippen LogP contribution in [-0.2, 0) is 11.2 Å². The molecule has 130 valence electrons. The fourth-order valence-corrected chi connectivity index (χ4v) is 3.48. The number of carbonyl (C=O) groups is 1. The Labute approximate surface area is 143 Å². The van der Waals surface area contributed by atoms with E-state index in [2.05, 4.69) is 34.3 Å². The van der Waals surface area contributed by atoms with Crippen LogP contribution in [0.5, 0.6) is 0 Å². The molecule has 1 atom stereocenters. The van der Waals surface area contributed by atoms with E-state index in [0.29, 0.717) is 13.0 Å². The number of carbonyl (C=O) groups excluding carboxylic acids is 1. The zero-order valence-electron chi connectivity index (χ0n) is 14.4. The van der Waals surface area contributed by atoms with Crippen molar-refractivity contribution in [2.24, 2.45) is 0 Å². The number of hydrogen-bond donors (Lipinski definition) is 2. The van der Waals surface area contributed by atoms with Gasteiger partial charge in [0.1, 0.15) is 0 Å². The van der Waals surface area contributed by atoms with Gasteiger partial charge >= 0.3 is 0 Å². The molecular weight excluding hydrogens is 302 g/mol. The van der Waals surface area contributed by atoms with Crippen molar-refractivity contribution in [2.45, 2.75) is 32.3 Å². The molecule has 0 aliphatic carbocycles. The summed E-state index contributed by atoms with van der Waals surface area (Å²) < 4.78 is 0. The Bertz CT molecular complexity index is 672. The van der Waals surface area contributed by atoms with Crippen molar-refractivity contribution in [3.63, 3.8) is 0 Å². The van der Waals surface area contributed by atoms with E-state index in [1.807, 2.05) is 17.9 Å². The first kappa shape index (κ1) is 17.0. The molecule has 24 heavy (non-hydrogen) atoms. The smallest absolute Gasteiger partial charge is 0.222 e. The molecule has 1 aliphatic heterocycles. The number of aryl methyl sites for hydroxylation is 1. The fourth-order valence-electron chi connectivity index (χ4n) is 3.48. The minimum Gasteiger partial charge on any atom is -0.392 e. The predicted octanol–water partition coefficient (Wildman–Crippen LogP) is 2.02. The third-order valence-electron chi connectivity index (χ3n) is 4.76. The highest BCUT2D eigenvalue weighted by Gasteiger charge is 2.21. The minimum atomic E-state index is -0.302. The monoisotopic (exact) mass is 329 g/mol. The highest BCUT2D eigenvalue weighted by Crippen LogP contribution is 2.19. The third-order valence-corrected chi connectivity index (χ3v) is 4.76. The van der Waals surface area contributed by atoms with Crippen LogP contribution in [0.3, 0.4) is 0 Å². The summed E-state index contributed by atoms with van der Waals surface area (Å²) >= 11 is 0. The molecule has 2 heterocycles. The molecule has 3 rings (SSSR count). The number of rotatable bonds is 6. The summed E-state index contributed by atoms with van der Waals surface area (Å²) in [6, 6.07) is 8.29. The van der Waals surface area contributed by atoms with E-state index in [4.69, 9.17) is 0 Å². The Morgan fingerprint density at radius 2 is 2.00 bits per heavy atom. The lowest BCUT2D eigenvalue weighted by atomic mass is 10.1. The molecule has 0 spiro atoms. The predicted molar refractivity (Wildman–Crippen MR) is 95.9 cm³/mol. The average molecular weight is 329 g/mol. The normalized spacial score (nSPS) is 17.3. The molecule has 1 aromatic heterocycles. The number of hydrogen-bond acceptors (Lipinski definition) is 3. The molecular formula is C19H27N3O2. The number of benzene rings is 1. The summed E-state index contributed by atoms with van der Waals surface area (Å²) in [6.45, 7) is 5.78. The van der Waals surface area contributed by atoms with E-state index in [1.165, 1.54) is 10.9 Å². The van der Waals surface area contributed by atoms with Gasteiger partial charge in [0, 0.05) is 56.2 Å². The summed E-state index contributed by atoms with van der Waals surface area (Å²) in [5.41, 5.74) is 2.45. The summed E-state index contributed by atoms with van der Waals surface area (Å²) in [6.07, 6.45) is 4.18. The lowest BCUT2D eigenvalue weighted by Gasteiger charge is -2.35. The number of aromatic amines is 1. The van der Waals surface area contributed by atoms with Crippen LogP contribution in [0.1, 0.15) is 25.3 Å². The number of aliphatic hydroxyl groups is 1. The highest BCUT2D eigenvalue weighted by molar-refractivity contribution is 5.83. The van der Waals surface area contributed by atoms with Gasteiger partial charge in [-0.3, -0.25) is 9.69 Å². The molecule has 1 saturated heterocycles. The Morgan fingerprint density at radius 1 is 1.25 bits per heavy atom. The second-order valence-corrected chi connectivity index (χ2v) is 6.74. The molecule has 5 nitrogen and oxygen atoms in total. The zero-order valence-corrected chi connectivity index (χ0v) is 14.4. The van der Waals surface area contributed by atoms with Gasteiger partial charge in [-0.05, 0) is 31.4 Å². The number of H-pyrrole nitrogens is 1. The number of nitrogens with zero attached hydrogens (tertiary/aromatic N) is 2. The van der Waals surface area contributed by atoms with E-state index >= 15 is 0 Å². The number of β-amino-alcohol motifs (C(OH)–C–C–N with tert-alkyl or cyclic N) is 1. The Balaban J connectivity index is 1.43. The van der Waals surface area contributed by atoms with Crippen LogP contribution in [-0.4, -0.2) is 64.6 Å². The van der Waals surface area contributed by atoms with Crippen LogP contribution in [0.2, 0.25) is 0 Å². The summed E-state index contributed by atoms with van der Waals surface area (Å²) in [7, 11) is 0. The van der Waals surface area contributed by atoms with Crippen molar-refractivity contribution in [2.75, 3.05) is 32.7 Å².